The van der Waals surface area contributed by atoms with Gasteiger partial charge in [-0.05, 0) is 36.2 Å². The number of hydrogen-bond acceptors (Lipinski definition) is 5. The van der Waals surface area contributed by atoms with Gasteiger partial charge in [-0.3, -0.25) is 9.52 Å². The zero-order valence-electron chi connectivity index (χ0n) is 19.6. The van der Waals surface area contributed by atoms with Crippen molar-refractivity contribution in [2.75, 3.05) is 55.1 Å². The molecule has 4 rings (SSSR count). The number of likely N-dealkylation sites (tertiary alicyclic amines) is 1. The SMILES string of the molecule is CS(=O)(=O)Nc1ccccc1N1CCN(C(=O)C(Cc2ccc(Cl)cc2)NC(=O)N2CCC2)CC1. The Hall–Kier alpha value is -2.98. The number of rotatable bonds is 7. The number of benzene rings is 2. The van der Waals surface area contributed by atoms with Crippen LogP contribution in [0.4, 0.5) is 16.2 Å². The number of carbonyl (C=O) groups is 2. The molecule has 0 saturated carbocycles. The number of nitrogens with one attached hydrogen (secondary N) is 2. The Morgan fingerprint density at radius 1 is 0.943 bits per heavy atom. The highest BCUT2D eigenvalue weighted by Gasteiger charge is 2.31. The van der Waals surface area contributed by atoms with Gasteiger partial charge in [0.2, 0.25) is 15.9 Å². The molecule has 9 nitrogen and oxygen atoms in total. The first-order valence-electron chi connectivity index (χ1n) is 11.6. The van der Waals surface area contributed by atoms with Crippen LogP contribution in [0.2, 0.25) is 5.02 Å². The highest BCUT2D eigenvalue weighted by molar-refractivity contribution is 7.92. The molecule has 0 aromatic heterocycles. The van der Waals surface area contributed by atoms with E-state index in [0.29, 0.717) is 56.4 Å². The molecular formula is C24H30ClN5O4S. The van der Waals surface area contributed by atoms with Crippen molar-refractivity contribution in [2.24, 2.45) is 0 Å². The van der Waals surface area contributed by atoms with Gasteiger partial charge in [0.25, 0.3) is 0 Å². The standard InChI is InChI=1S/C24H30ClN5O4S/c1-35(33,34)27-20-5-2-3-6-22(20)28-13-15-29(16-14-28)23(31)21(26-24(32)30-11-4-12-30)17-18-7-9-19(25)10-8-18/h2-3,5-10,21,27H,4,11-17H2,1H3,(H,26,32). The van der Waals surface area contributed by atoms with E-state index in [2.05, 4.69) is 14.9 Å². The van der Waals surface area contributed by atoms with Crippen molar-refractivity contribution in [2.45, 2.75) is 18.9 Å². The Bertz CT molecular complexity index is 1160. The summed E-state index contributed by atoms with van der Waals surface area (Å²) in [7, 11) is -3.42. The summed E-state index contributed by atoms with van der Waals surface area (Å²) in [6.07, 6.45) is 2.47. The maximum atomic E-state index is 13.5. The Morgan fingerprint density at radius 3 is 2.20 bits per heavy atom. The van der Waals surface area contributed by atoms with Crippen LogP contribution in [-0.2, 0) is 21.2 Å². The minimum absolute atomic E-state index is 0.129. The molecule has 0 radical (unpaired) electrons. The summed E-state index contributed by atoms with van der Waals surface area (Å²) >= 11 is 6.00. The molecule has 11 heteroatoms. The minimum atomic E-state index is -3.42. The van der Waals surface area contributed by atoms with E-state index in [-0.39, 0.29) is 11.9 Å². The lowest BCUT2D eigenvalue weighted by Gasteiger charge is -2.39. The van der Waals surface area contributed by atoms with Crippen molar-refractivity contribution in [1.29, 1.82) is 0 Å². The molecular weight excluding hydrogens is 490 g/mol. The van der Waals surface area contributed by atoms with Gasteiger partial charge in [0.05, 0.1) is 17.6 Å². The van der Waals surface area contributed by atoms with Crippen molar-refractivity contribution in [3.05, 3.63) is 59.1 Å². The summed E-state index contributed by atoms with van der Waals surface area (Å²) in [6, 6.07) is 13.6. The molecule has 2 N–H and O–H groups in total. The molecule has 1 unspecified atom stereocenters. The van der Waals surface area contributed by atoms with E-state index in [9.17, 15) is 18.0 Å². The van der Waals surface area contributed by atoms with Gasteiger partial charge in [0.15, 0.2) is 0 Å². The van der Waals surface area contributed by atoms with Crippen LogP contribution >= 0.6 is 11.6 Å². The van der Waals surface area contributed by atoms with Gasteiger partial charge < -0.3 is 20.0 Å². The Morgan fingerprint density at radius 2 is 1.60 bits per heavy atom. The van der Waals surface area contributed by atoms with Crippen LogP contribution in [0.5, 0.6) is 0 Å². The molecule has 2 aromatic carbocycles. The number of amides is 3. The number of urea groups is 1. The van der Waals surface area contributed by atoms with Gasteiger partial charge in [0.1, 0.15) is 6.04 Å². The van der Waals surface area contributed by atoms with Gasteiger partial charge >= 0.3 is 6.03 Å². The number of hydrogen-bond donors (Lipinski definition) is 2. The van der Waals surface area contributed by atoms with Crippen molar-refractivity contribution >= 4 is 44.9 Å². The van der Waals surface area contributed by atoms with Crippen LogP contribution in [0.3, 0.4) is 0 Å². The van der Waals surface area contributed by atoms with Crippen LogP contribution in [0, 0.1) is 0 Å². The van der Waals surface area contributed by atoms with Crippen molar-refractivity contribution in [3.8, 4) is 0 Å². The average Bonchev–Trinajstić information content (AvgIpc) is 2.78. The van der Waals surface area contributed by atoms with E-state index in [1.165, 1.54) is 0 Å². The smallest absolute Gasteiger partial charge is 0.318 e. The Labute approximate surface area is 211 Å². The van der Waals surface area contributed by atoms with E-state index < -0.39 is 16.1 Å². The van der Waals surface area contributed by atoms with Crippen LogP contribution in [-0.4, -0.2) is 81.7 Å². The zero-order valence-corrected chi connectivity index (χ0v) is 21.2. The lowest BCUT2D eigenvalue weighted by Crippen LogP contribution is -2.58. The van der Waals surface area contributed by atoms with Gasteiger partial charge in [-0.15, -0.1) is 0 Å². The fraction of sp³-hybridized carbons (Fsp3) is 0.417. The lowest BCUT2D eigenvalue weighted by molar-refractivity contribution is -0.133. The van der Waals surface area contributed by atoms with Crippen molar-refractivity contribution < 1.29 is 18.0 Å². The Balaban J connectivity index is 1.44. The maximum Gasteiger partial charge on any atom is 0.318 e. The molecule has 0 aliphatic carbocycles. The topological polar surface area (TPSA) is 102 Å². The number of sulfonamides is 1. The quantitative estimate of drug-likeness (QED) is 0.585. The fourth-order valence-corrected chi connectivity index (χ4v) is 4.94. The molecule has 2 aliphatic rings. The minimum Gasteiger partial charge on any atom is -0.366 e. The molecule has 2 aromatic rings. The van der Waals surface area contributed by atoms with E-state index in [1.54, 1.807) is 34.1 Å². The largest absolute Gasteiger partial charge is 0.366 e. The van der Waals surface area contributed by atoms with E-state index in [4.69, 9.17) is 11.6 Å². The first kappa shape index (κ1) is 25.1. The Kier molecular flexibility index (Phi) is 7.71. The predicted molar refractivity (Wildman–Crippen MR) is 137 cm³/mol. The second kappa shape index (κ2) is 10.7. The predicted octanol–water partition coefficient (Wildman–Crippen LogP) is 2.39. The number of halogens is 1. The summed E-state index contributed by atoms with van der Waals surface area (Å²) in [6.45, 7) is 3.41. The average molecular weight is 520 g/mol. The highest BCUT2D eigenvalue weighted by atomic mass is 35.5. The molecule has 35 heavy (non-hydrogen) atoms. The molecule has 0 spiro atoms. The summed E-state index contributed by atoms with van der Waals surface area (Å²) in [5.74, 6) is -0.129. The lowest BCUT2D eigenvalue weighted by atomic mass is 10.0. The summed E-state index contributed by atoms with van der Waals surface area (Å²) in [5, 5.41) is 3.54. The molecule has 2 fully saturated rings. The molecule has 2 aliphatic heterocycles. The summed E-state index contributed by atoms with van der Waals surface area (Å²) in [5.41, 5.74) is 2.20. The zero-order chi connectivity index (χ0) is 25.0. The monoisotopic (exact) mass is 519 g/mol. The molecule has 2 heterocycles. The summed E-state index contributed by atoms with van der Waals surface area (Å²) in [4.78, 5) is 31.6. The van der Waals surface area contributed by atoms with Gasteiger partial charge in [-0.1, -0.05) is 35.9 Å². The van der Waals surface area contributed by atoms with Crippen LogP contribution in [0.1, 0.15) is 12.0 Å². The number of nitrogens with zero attached hydrogens (tertiary/aromatic N) is 3. The van der Waals surface area contributed by atoms with Gasteiger partial charge in [-0.25, -0.2) is 13.2 Å². The van der Waals surface area contributed by atoms with E-state index in [0.717, 1.165) is 23.9 Å². The third-order valence-corrected chi connectivity index (χ3v) is 7.07. The second-order valence-electron chi connectivity index (χ2n) is 8.88. The first-order chi connectivity index (χ1) is 16.7. The molecule has 2 saturated heterocycles. The van der Waals surface area contributed by atoms with Crippen LogP contribution in [0.25, 0.3) is 0 Å². The number of anilines is 2. The maximum absolute atomic E-state index is 13.5. The summed E-state index contributed by atoms with van der Waals surface area (Å²) < 4.78 is 26.1. The third-order valence-electron chi connectivity index (χ3n) is 6.22. The van der Waals surface area contributed by atoms with E-state index in [1.807, 2.05) is 24.3 Å². The molecule has 188 valence electrons. The molecule has 0 bridgehead atoms. The number of carbonyl (C=O) groups excluding carboxylic acids is 2. The van der Waals surface area contributed by atoms with Crippen LogP contribution in [0.15, 0.2) is 48.5 Å². The second-order valence-corrected chi connectivity index (χ2v) is 11.1. The fourth-order valence-electron chi connectivity index (χ4n) is 4.24. The molecule has 1 atom stereocenters. The number of piperazine rings is 1. The number of para-hydroxylation sites is 2. The van der Waals surface area contributed by atoms with Crippen molar-refractivity contribution in [3.63, 3.8) is 0 Å². The molecule has 3 amide bonds. The van der Waals surface area contributed by atoms with Crippen LogP contribution < -0.4 is 14.9 Å². The van der Waals surface area contributed by atoms with Gasteiger partial charge in [-0.2, -0.15) is 0 Å². The normalized spacial score (nSPS) is 16.9. The third kappa shape index (κ3) is 6.58. The van der Waals surface area contributed by atoms with Gasteiger partial charge in [0, 0.05) is 50.7 Å². The van der Waals surface area contributed by atoms with Crippen molar-refractivity contribution in [1.82, 2.24) is 15.1 Å². The van der Waals surface area contributed by atoms with E-state index >= 15 is 0 Å². The highest BCUT2D eigenvalue weighted by Crippen LogP contribution is 2.27. The first-order valence-corrected chi connectivity index (χ1v) is 13.9.